The highest BCUT2D eigenvalue weighted by Gasteiger charge is 2.21. The number of carbonyl (C=O) groups excluding carboxylic acids is 2. The van der Waals surface area contributed by atoms with Crippen molar-refractivity contribution in [1.82, 2.24) is 10.2 Å². The van der Waals surface area contributed by atoms with Gasteiger partial charge in [0.25, 0.3) is 0 Å². The highest BCUT2D eigenvalue weighted by molar-refractivity contribution is 7.10. The highest BCUT2D eigenvalue weighted by Crippen LogP contribution is 2.25. The fourth-order valence-corrected chi connectivity index (χ4v) is 3.23. The van der Waals surface area contributed by atoms with E-state index in [4.69, 9.17) is 5.73 Å². The summed E-state index contributed by atoms with van der Waals surface area (Å²) < 4.78 is 0. The lowest BCUT2D eigenvalue weighted by molar-refractivity contribution is -0.125. The summed E-state index contributed by atoms with van der Waals surface area (Å²) in [7, 11) is 0. The molecule has 1 aromatic heterocycles. The zero-order valence-electron chi connectivity index (χ0n) is 13.9. The molecule has 0 saturated heterocycles. The summed E-state index contributed by atoms with van der Waals surface area (Å²) in [6, 6.07) is 13.7. The van der Waals surface area contributed by atoms with Crippen molar-refractivity contribution in [2.45, 2.75) is 25.9 Å². The van der Waals surface area contributed by atoms with E-state index in [0.29, 0.717) is 0 Å². The molecule has 0 saturated carbocycles. The Morgan fingerprint density at radius 1 is 1.12 bits per heavy atom. The molecule has 5 nitrogen and oxygen atoms in total. The van der Waals surface area contributed by atoms with Crippen molar-refractivity contribution in [1.29, 1.82) is 0 Å². The standard InChI is InChI=1S/C18H23N3O2S/c1-13(2)21(11-16(19)22)12-17(23)20-18(15-9-6-10-24-15)14-7-4-3-5-8-14/h3-10,13,18H,11-12H2,1-2H3,(H2,19,22)(H,20,23)/t18-/m1/s1. The molecule has 1 heterocycles. The average molecular weight is 345 g/mol. The molecule has 3 N–H and O–H groups in total. The minimum atomic E-state index is -0.436. The largest absolute Gasteiger partial charge is 0.369 e. The lowest BCUT2D eigenvalue weighted by Crippen LogP contribution is -2.45. The van der Waals surface area contributed by atoms with E-state index in [9.17, 15) is 9.59 Å². The SMILES string of the molecule is CC(C)N(CC(N)=O)CC(=O)N[C@H](c1ccccc1)c1cccs1. The predicted molar refractivity (Wildman–Crippen MR) is 96.7 cm³/mol. The Bertz CT molecular complexity index is 656. The smallest absolute Gasteiger partial charge is 0.234 e. The van der Waals surface area contributed by atoms with E-state index in [0.717, 1.165) is 10.4 Å². The molecule has 0 aliphatic carbocycles. The Hall–Kier alpha value is -2.18. The van der Waals surface area contributed by atoms with Crippen molar-refractivity contribution in [2.75, 3.05) is 13.1 Å². The lowest BCUT2D eigenvalue weighted by atomic mass is 10.1. The van der Waals surface area contributed by atoms with Crippen molar-refractivity contribution in [2.24, 2.45) is 5.73 Å². The van der Waals surface area contributed by atoms with Crippen molar-refractivity contribution in [3.05, 3.63) is 58.3 Å². The Labute approximate surface area is 146 Å². The molecule has 2 aromatic rings. The fourth-order valence-electron chi connectivity index (χ4n) is 2.43. The first-order valence-electron chi connectivity index (χ1n) is 7.87. The van der Waals surface area contributed by atoms with Gasteiger partial charge in [-0.05, 0) is 30.9 Å². The zero-order valence-corrected chi connectivity index (χ0v) is 14.8. The first-order chi connectivity index (χ1) is 11.5. The minimum absolute atomic E-state index is 0.0557. The van der Waals surface area contributed by atoms with Crippen LogP contribution < -0.4 is 11.1 Å². The maximum atomic E-state index is 12.5. The molecule has 1 atom stereocenters. The van der Waals surface area contributed by atoms with Gasteiger partial charge < -0.3 is 11.1 Å². The van der Waals surface area contributed by atoms with Gasteiger partial charge in [-0.25, -0.2) is 0 Å². The average Bonchev–Trinajstić information content (AvgIpc) is 3.06. The number of hydrogen-bond donors (Lipinski definition) is 2. The van der Waals surface area contributed by atoms with Crippen LogP contribution in [-0.4, -0.2) is 35.8 Å². The van der Waals surface area contributed by atoms with E-state index < -0.39 is 5.91 Å². The number of hydrogen-bond acceptors (Lipinski definition) is 4. The van der Waals surface area contributed by atoms with Crippen LogP contribution in [0.1, 0.15) is 30.3 Å². The first-order valence-corrected chi connectivity index (χ1v) is 8.75. The molecule has 0 spiro atoms. The van der Waals surface area contributed by atoms with Gasteiger partial charge in [0.15, 0.2) is 0 Å². The molecule has 24 heavy (non-hydrogen) atoms. The maximum Gasteiger partial charge on any atom is 0.234 e. The van der Waals surface area contributed by atoms with Crippen LogP contribution in [0, 0.1) is 0 Å². The molecule has 0 radical (unpaired) electrons. The van der Waals surface area contributed by atoms with E-state index in [1.807, 2.05) is 61.7 Å². The monoisotopic (exact) mass is 345 g/mol. The summed E-state index contributed by atoms with van der Waals surface area (Å²) in [5.74, 6) is -0.568. The second kappa shape index (κ2) is 8.61. The molecule has 1 aromatic carbocycles. The Kier molecular flexibility index (Phi) is 6.52. The van der Waals surface area contributed by atoms with Gasteiger partial charge >= 0.3 is 0 Å². The van der Waals surface area contributed by atoms with Crippen LogP contribution in [0.3, 0.4) is 0 Å². The summed E-state index contributed by atoms with van der Waals surface area (Å²) in [5.41, 5.74) is 6.29. The molecule has 0 bridgehead atoms. The number of nitrogens with zero attached hydrogens (tertiary/aromatic N) is 1. The number of rotatable bonds is 8. The fraction of sp³-hybridized carbons (Fsp3) is 0.333. The topological polar surface area (TPSA) is 75.4 Å². The summed E-state index contributed by atoms with van der Waals surface area (Å²) in [4.78, 5) is 26.5. The van der Waals surface area contributed by atoms with Gasteiger partial charge in [0.05, 0.1) is 19.1 Å². The van der Waals surface area contributed by atoms with Crippen LogP contribution >= 0.6 is 11.3 Å². The summed E-state index contributed by atoms with van der Waals surface area (Å²) in [5, 5.41) is 5.06. The van der Waals surface area contributed by atoms with Crippen LogP contribution in [0.5, 0.6) is 0 Å². The van der Waals surface area contributed by atoms with Crippen molar-refractivity contribution >= 4 is 23.2 Å². The quantitative estimate of drug-likeness (QED) is 0.770. The van der Waals surface area contributed by atoms with Gasteiger partial charge in [0.1, 0.15) is 0 Å². The van der Waals surface area contributed by atoms with Crippen LogP contribution in [0.25, 0.3) is 0 Å². The highest BCUT2D eigenvalue weighted by atomic mass is 32.1. The molecule has 2 amide bonds. The third-order valence-corrected chi connectivity index (χ3v) is 4.64. The number of nitrogens with two attached hydrogens (primary N) is 1. The van der Waals surface area contributed by atoms with Crippen LogP contribution in [0.4, 0.5) is 0 Å². The predicted octanol–water partition coefficient (Wildman–Crippen LogP) is 2.15. The molecule has 0 fully saturated rings. The summed E-state index contributed by atoms with van der Waals surface area (Å²) in [6.45, 7) is 4.07. The third kappa shape index (κ3) is 5.18. The number of amides is 2. The van der Waals surface area contributed by atoms with Gasteiger partial charge in [-0.2, -0.15) is 0 Å². The van der Waals surface area contributed by atoms with E-state index in [1.54, 1.807) is 16.2 Å². The van der Waals surface area contributed by atoms with Crippen LogP contribution in [0.15, 0.2) is 47.8 Å². The van der Waals surface area contributed by atoms with Gasteiger partial charge in [-0.3, -0.25) is 14.5 Å². The summed E-state index contributed by atoms with van der Waals surface area (Å²) >= 11 is 1.60. The molecular weight excluding hydrogens is 322 g/mol. The van der Waals surface area contributed by atoms with Gasteiger partial charge in [-0.15, -0.1) is 11.3 Å². The van der Waals surface area contributed by atoms with Crippen molar-refractivity contribution in [3.8, 4) is 0 Å². The van der Waals surface area contributed by atoms with E-state index >= 15 is 0 Å². The normalized spacial score (nSPS) is 12.3. The van der Waals surface area contributed by atoms with Crippen molar-refractivity contribution < 1.29 is 9.59 Å². The van der Waals surface area contributed by atoms with E-state index in [-0.39, 0.29) is 31.1 Å². The van der Waals surface area contributed by atoms with E-state index in [2.05, 4.69) is 5.32 Å². The Morgan fingerprint density at radius 2 is 1.83 bits per heavy atom. The number of primary amides is 1. The lowest BCUT2D eigenvalue weighted by Gasteiger charge is -2.26. The molecule has 128 valence electrons. The molecular formula is C18H23N3O2S. The Morgan fingerprint density at radius 3 is 2.38 bits per heavy atom. The molecule has 0 aliphatic rings. The first kappa shape index (κ1) is 18.2. The van der Waals surface area contributed by atoms with Crippen molar-refractivity contribution in [3.63, 3.8) is 0 Å². The molecule has 2 rings (SSSR count). The molecule has 6 heteroatoms. The maximum absolute atomic E-state index is 12.5. The number of benzene rings is 1. The zero-order chi connectivity index (χ0) is 17.5. The van der Waals surface area contributed by atoms with Crippen LogP contribution in [0.2, 0.25) is 0 Å². The third-order valence-electron chi connectivity index (χ3n) is 3.70. The van der Waals surface area contributed by atoms with Crippen LogP contribution in [-0.2, 0) is 9.59 Å². The number of nitrogens with one attached hydrogen (secondary N) is 1. The second-order valence-corrected chi connectivity index (χ2v) is 6.87. The van der Waals surface area contributed by atoms with Gasteiger partial charge in [-0.1, -0.05) is 36.4 Å². The number of thiophene rings is 1. The van der Waals surface area contributed by atoms with Gasteiger partial charge in [0.2, 0.25) is 11.8 Å². The minimum Gasteiger partial charge on any atom is -0.369 e. The Balaban J connectivity index is 2.12. The van der Waals surface area contributed by atoms with E-state index in [1.165, 1.54) is 0 Å². The summed E-state index contributed by atoms with van der Waals surface area (Å²) in [6.07, 6.45) is 0. The molecule has 0 aliphatic heterocycles. The molecule has 0 unspecified atom stereocenters. The second-order valence-electron chi connectivity index (χ2n) is 5.89. The number of carbonyl (C=O) groups is 2. The van der Waals surface area contributed by atoms with Gasteiger partial charge in [0, 0.05) is 10.9 Å².